The zero-order valence-electron chi connectivity index (χ0n) is 12.9. The molecule has 0 bridgehead atoms. The molecule has 2 atom stereocenters. The number of aromatic nitrogens is 1. The van der Waals surface area contributed by atoms with Crippen LogP contribution < -0.4 is 5.32 Å². The van der Waals surface area contributed by atoms with Gasteiger partial charge in [-0.1, -0.05) is 27.7 Å². The summed E-state index contributed by atoms with van der Waals surface area (Å²) in [5, 5.41) is 8.03. The van der Waals surface area contributed by atoms with Crippen molar-refractivity contribution in [2.45, 2.75) is 70.2 Å². The number of thiazole rings is 1. The van der Waals surface area contributed by atoms with E-state index in [1.54, 1.807) is 0 Å². The molecule has 1 fully saturated rings. The third-order valence-corrected chi connectivity index (χ3v) is 5.94. The minimum Gasteiger partial charge on any atom is -0.302 e. The summed E-state index contributed by atoms with van der Waals surface area (Å²) in [6.07, 6.45) is 1.19. The van der Waals surface area contributed by atoms with Crippen LogP contribution in [-0.4, -0.2) is 22.0 Å². The molecule has 1 aliphatic heterocycles. The smallest absolute Gasteiger partial charge is 0.114 e. The van der Waals surface area contributed by atoms with E-state index in [-0.39, 0.29) is 11.0 Å². The Kier molecular flexibility index (Phi) is 4.34. The standard InChI is InChI=1S/C15H26N2S2/c1-10(2)17-15(7-11(3)19-9-15)13-16-12(8-18-13)14(4,5)6/h8,10-11,17H,7,9H2,1-6H3. The first-order chi connectivity index (χ1) is 8.73. The lowest BCUT2D eigenvalue weighted by Crippen LogP contribution is -2.46. The van der Waals surface area contributed by atoms with Crippen molar-refractivity contribution in [3.63, 3.8) is 0 Å². The van der Waals surface area contributed by atoms with E-state index in [1.807, 2.05) is 11.3 Å². The molecule has 2 heterocycles. The minimum atomic E-state index is 0.0897. The minimum absolute atomic E-state index is 0.0897. The molecular formula is C15H26N2S2. The largest absolute Gasteiger partial charge is 0.302 e. The Balaban J connectivity index is 2.31. The number of nitrogens with one attached hydrogen (secondary N) is 1. The summed E-state index contributed by atoms with van der Waals surface area (Å²) >= 11 is 3.89. The van der Waals surface area contributed by atoms with Crippen LogP contribution in [0.25, 0.3) is 0 Å². The summed E-state index contributed by atoms with van der Waals surface area (Å²) in [4.78, 5) is 4.97. The van der Waals surface area contributed by atoms with Gasteiger partial charge in [-0.25, -0.2) is 4.98 Å². The number of hydrogen-bond acceptors (Lipinski definition) is 4. The number of nitrogens with zero attached hydrogens (tertiary/aromatic N) is 1. The summed E-state index contributed by atoms with van der Waals surface area (Å²) in [7, 11) is 0. The quantitative estimate of drug-likeness (QED) is 0.907. The molecule has 0 radical (unpaired) electrons. The molecule has 1 aromatic heterocycles. The van der Waals surface area contributed by atoms with E-state index in [0.29, 0.717) is 11.3 Å². The van der Waals surface area contributed by atoms with Gasteiger partial charge in [0.25, 0.3) is 0 Å². The fourth-order valence-corrected chi connectivity index (χ4v) is 5.22. The Hall–Kier alpha value is -0.0600. The van der Waals surface area contributed by atoms with E-state index in [1.165, 1.54) is 17.1 Å². The summed E-state index contributed by atoms with van der Waals surface area (Å²) < 4.78 is 0. The van der Waals surface area contributed by atoms with Crippen LogP contribution >= 0.6 is 23.1 Å². The van der Waals surface area contributed by atoms with Crippen LogP contribution in [0.3, 0.4) is 0 Å². The van der Waals surface area contributed by atoms with Crippen LogP contribution in [0.15, 0.2) is 5.38 Å². The van der Waals surface area contributed by atoms with Gasteiger partial charge in [-0.2, -0.15) is 11.8 Å². The van der Waals surface area contributed by atoms with Gasteiger partial charge in [0, 0.05) is 27.8 Å². The van der Waals surface area contributed by atoms with Gasteiger partial charge in [0.05, 0.1) is 11.2 Å². The van der Waals surface area contributed by atoms with Crippen LogP contribution in [0.4, 0.5) is 0 Å². The second kappa shape index (κ2) is 5.38. The molecule has 0 saturated carbocycles. The van der Waals surface area contributed by atoms with Gasteiger partial charge in [-0.3, -0.25) is 0 Å². The molecule has 2 unspecified atom stereocenters. The maximum absolute atomic E-state index is 4.97. The van der Waals surface area contributed by atoms with Crippen molar-refractivity contribution in [1.82, 2.24) is 10.3 Å². The highest BCUT2D eigenvalue weighted by atomic mass is 32.2. The highest BCUT2D eigenvalue weighted by Crippen LogP contribution is 2.43. The Morgan fingerprint density at radius 1 is 1.42 bits per heavy atom. The van der Waals surface area contributed by atoms with Crippen molar-refractivity contribution in [1.29, 1.82) is 0 Å². The molecule has 0 amide bonds. The van der Waals surface area contributed by atoms with E-state index >= 15 is 0 Å². The molecule has 1 aliphatic rings. The van der Waals surface area contributed by atoms with Crippen LogP contribution in [0.2, 0.25) is 0 Å². The second-order valence-corrected chi connectivity index (χ2v) is 9.28. The van der Waals surface area contributed by atoms with E-state index in [2.05, 4.69) is 64.0 Å². The predicted octanol–water partition coefficient (Wildman–Crippen LogP) is 4.16. The zero-order chi connectivity index (χ0) is 14.3. The molecule has 19 heavy (non-hydrogen) atoms. The lowest BCUT2D eigenvalue weighted by Gasteiger charge is -2.30. The molecule has 0 aliphatic carbocycles. The molecule has 108 valence electrons. The fourth-order valence-electron chi connectivity index (χ4n) is 2.60. The molecule has 1 N–H and O–H groups in total. The monoisotopic (exact) mass is 298 g/mol. The summed E-state index contributed by atoms with van der Waals surface area (Å²) in [6, 6.07) is 0.493. The maximum atomic E-state index is 4.97. The first-order valence-electron chi connectivity index (χ1n) is 7.09. The molecule has 0 aromatic carbocycles. The Morgan fingerprint density at radius 3 is 2.53 bits per heavy atom. The lowest BCUT2D eigenvalue weighted by atomic mass is 9.92. The third kappa shape index (κ3) is 3.34. The Bertz CT molecular complexity index is 434. The van der Waals surface area contributed by atoms with Gasteiger partial charge in [0.1, 0.15) is 5.01 Å². The Morgan fingerprint density at radius 2 is 2.11 bits per heavy atom. The number of hydrogen-bond donors (Lipinski definition) is 1. The van der Waals surface area contributed by atoms with Crippen molar-refractivity contribution in [2.75, 3.05) is 5.75 Å². The first-order valence-corrected chi connectivity index (χ1v) is 9.01. The summed E-state index contributed by atoms with van der Waals surface area (Å²) in [5.74, 6) is 1.14. The predicted molar refractivity (Wildman–Crippen MR) is 87.3 cm³/mol. The van der Waals surface area contributed by atoms with Gasteiger partial charge in [-0.05, 0) is 20.3 Å². The average molecular weight is 299 g/mol. The molecular weight excluding hydrogens is 272 g/mol. The van der Waals surface area contributed by atoms with Gasteiger partial charge < -0.3 is 5.32 Å². The maximum Gasteiger partial charge on any atom is 0.114 e. The SMILES string of the molecule is CC(C)NC1(c2nc(C(C)(C)C)cs2)CSC(C)C1. The van der Waals surface area contributed by atoms with E-state index in [4.69, 9.17) is 4.98 Å². The molecule has 1 saturated heterocycles. The summed E-state index contributed by atoms with van der Waals surface area (Å²) in [6.45, 7) is 13.5. The summed E-state index contributed by atoms with van der Waals surface area (Å²) in [5.41, 5.74) is 1.46. The van der Waals surface area contributed by atoms with Crippen molar-refractivity contribution in [3.8, 4) is 0 Å². The third-order valence-electron chi connectivity index (χ3n) is 3.50. The van der Waals surface area contributed by atoms with Crippen molar-refractivity contribution < 1.29 is 0 Å². The highest BCUT2D eigenvalue weighted by Gasteiger charge is 2.42. The van der Waals surface area contributed by atoms with Gasteiger partial charge >= 0.3 is 0 Å². The first kappa shape index (κ1) is 15.3. The lowest BCUT2D eigenvalue weighted by molar-refractivity contribution is 0.329. The van der Waals surface area contributed by atoms with Crippen molar-refractivity contribution >= 4 is 23.1 Å². The molecule has 4 heteroatoms. The van der Waals surface area contributed by atoms with Crippen LogP contribution in [0, 0.1) is 0 Å². The topological polar surface area (TPSA) is 24.9 Å². The van der Waals surface area contributed by atoms with E-state index < -0.39 is 0 Å². The number of rotatable bonds is 3. The van der Waals surface area contributed by atoms with Crippen LogP contribution in [0.5, 0.6) is 0 Å². The normalized spacial score (nSPS) is 28.3. The molecule has 2 rings (SSSR count). The molecule has 0 spiro atoms. The van der Waals surface area contributed by atoms with Crippen molar-refractivity contribution in [2.24, 2.45) is 0 Å². The van der Waals surface area contributed by atoms with Gasteiger partial charge in [0.2, 0.25) is 0 Å². The van der Waals surface area contributed by atoms with Crippen LogP contribution in [-0.2, 0) is 11.0 Å². The van der Waals surface area contributed by atoms with E-state index in [0.717, 1.165) is 5.75 Å². The Labute approximate surface area is 125 Å². The van der Waals surface area contributed by atoms with Gasteiger partial charge in [-0.15, -0.1) is 11.3 Å². The molecule has 2 nitrogen and oxygen atoms in total. The molecule has 1 aromatic rings. The number of thioether (sulfide) groups is 1. The van der Waals surface area contributed by atoms with Crippen LogP contribution in [0.1, 0.15) is 58.7 Å². The second-order valence-electron chi connectivity index (χ2n) is 6.99. The van der Waals surface area contributed by atoms with Crippen molar-refractivity contribution in [3.05, 3.63) is 16.1 Å². The highest BCUT2D eigenvalue weighted by molar-refractivity contribution is 8.00. The zero-order valence-corrected chi connectivity index (χ0v) is 14.5. The van der Waals surface area contributed by atoms with E-state index in [9.17, 15) is 0 Å². The fraction of sp³-hybridized carbons (Fsp3) is 0.800. The van der Waals surface area contributed by atoms with Gasteiger partial charge in [0.15, 0.2) is 0 Å². The average Bonchev–Trinajstić information content (AvgIpc) is 2.83.